The van der Waals surface area contributed by atoms with E-state index in [4.69, 9.17) is 4.74 Å². The molecule has 1 heterocycles. The zero-order valence-corrected chi connectivity index (χ0v) is 7.58. The van der Waals surface area contributed by atoms with Crippen molar-refractivity contribution in [2.75, 3.05) is 0 Å². The summed E-state index contributed by atoms with van der Waals surface area (Å²) in [5.74, 6) is 1.68. The maximum Gasteiger partial charge on any atom is 0.123 e. The summed E-state index contributed by atoms with van der Waals surface area (Å²) < 4.78 is 5.71. The lowest BCUT2D eigenvalue weighted by molar-refractivity contribution is 0.224. The summed E-state index contributed by atoms with van der Waals surface area (Å²) in [7, 11) is 0. The van der Waals surface area contributed by atoms with Crippen LogP contribution in [0.5, 0.6) is 5.75 Å². The molecule has 1 heteroatoms. The van der Waals surface area contributed by atoms with Gasteiger partial charge in [-0.05, 0) is 19.4 Å². The Labute approximate surface area is 73.4 Å². The van der Waals surface area contributed by atoms with Crippen molar-refractivity contribution in [3.8, 4) is 5.75 Å². The molecule has 0 amide bonds. The minimum absolute atomic E-state index is 0.354. The van der Waals surface area contributed by atoms with Crippen LogP contribution in [-0.4, -0.2) is 6.10 Å². The summed E-state index contributed by atoms with van der Waals surface area (Å²) in [6.07, 6.45) is 1.52. The molecule has 0 spiro atoms. The van der Waals surface area contributed by atoms with Gasteiger partial charge in [-0.2, -0.15) is 0 Å². The zero-order valence-electron chi connectivity index (χ0n) is 7.58. The van der Waals surface area contributed by atoms with Gasteiger partial charge in [0.25, 0.3) is 0 Å². The Morgan fingerprint density at radius 3 is 2.83 bits per heavy atom. The van der Waals surface area contributed by atoms with E-state index in [2.05, 4.69) is 32.0 Å². The highest BCUT2D eigenvalue weighted by Gasteiger charge is 2.28. The van der Waals surface area contributed by atoms with Gasteiger partial charge in [0.15, 0.2) is 0 Å². The molecule has 0 aliphatic carbocycles. The van der Waals surface area contributed by atoms with Gasteiger partial charge in [-0.15, -0.1) is 0 Å². The number of fused-ring (bicyclic) bond motifs is 1. The third kappa shape index (κ3) is 1.01. The van der Waals surface area contributed by atoms with E-state index >= 15 is 0 Å². The molecule has 1 aliphatic heterocycles. The molecule has 1 nitrogen and oxygen atoms in total. The normalized spacial score (nSPS) is 26.5. The van der Waals surface area contributed by atoms with Crippen molar-refractivity contribution < 1.29 is 4.74 Å². The van der Waals surface area contributed by atoms with Crippen LogP contribution in [0.15, 0.2) is 24.3 Å². The molecular formula is C11H14O. The molecule has 0 fully saturated rings. The van der Waals surface area contributed by atoms with Crippen molar-refractivity contribution in [1.29, 1.82) is 0 Å². The average molecular weight is 162 g/mol. The Bertz CT molecular complexity index is 280. The van der Waals surface area contributed by atoms with E-state index in [1.807, 2.05) is 6.07 Å². The van der Waals surface area contributed by atoms with E-state index in [-0.39, 0.29) is 0 Å². The first-order chi connectivity index (χ1) is 5.83. The summed E-state index contributed by atoms with van der Waals surface area (Å²) in [4.78, 5) is 0. The first kappa shape index (κ1) is 7.66. The Balaban J connectivity index is 2.40. The fraction of sp³-hybridized carbons (Fsp3) is 0.455. The summed E-state index contributed by atoms with van der Waals surface area (Å²) in [6.45, 7) is 4.36. The van der Waals surface area contributed by atoms with Crippen LogP contribution in [0.1, 0.15) is 31.7 Å². The lowest BCUT2D eigenvalue weighted by atomic mass is 9.94. The Morgan fingerprint density at radius 2 is 2.08 bits per heavy atom. The highest BCUT2D eigenvalue weighted by atomic mass is 16.5. The van der Waals surface area contributed by atoms with Crippen LogP contribution in [0, 0.1) is 0 Å². The smallest absolute Gasteiger partial charge is 0.123 e. The number of para-hydroxylation sites is 1. The topological polar surface area (TPSA) is 9.23 Å². The molecule has 64 valence electrons. The van der Waals surface area contributed by atoms with Crippen LogP contribution in [0.2, 0.25) is 0 Å². The van der Waals surface area contributed by atoms with Crippen molar-refractivity contribution in [2.45, 2.75) is 32.3 Å². The van der Waals surface area contributed by atoms with Crippen LogP contribution in [0.4, 0.5) is 0 Å². The number of hydrogen-bond acceptors (Lipinski definition) is 1. The van der Waals surface area contributed by atoms with E-state index in [1.165, 1.54) is 5.56 Å². The molecule has 1 aliphatic rings. The van der Waals surface area contributed by atoms with Crippen LogP contribution in [0.25, 0.3) is 0 Å². The second-order valence-corrected chi connectivity index (χ2v) is 3.38. The van der Waals surface area contributed by atoms with E-state index in [0.717, 1.165) is 12.2 Å². The maximum absolute atomic E-state index is 5.71. The molecule has 0 saturated carbocycles. The maximum atomic E-state index is 5.71. The fourth-order valence-corrected chi connectivity index (χ4v) is 1.98. The molecule has 0 radical (unpaired) electrons. The van der Waals surface area contributed by atoms with Crippen LogP contribution >= 0.6 is 0 Å². The first-order valence-electron chi connectivity index (χ1n) is 4.58. The fourth-order valence-electron chi connectivity index (χ4n) is 1.98. The Morgan fingerprint density at radius 1 is 1.33 bits per heavy atom. The molecule has 1 aromatic rings. The first-order valence-corrected chi connectivity index (χ1v) is 4.58. The monoisotopic (exact) mass is 162 g/mol. The zero-order chi connectivity index (χ0) is 8.55. The number of benzene rings is 1. The van der Waals surface area contributed by atoms with Gasteiger partial charge in [-0.25, -0.2) is 0 Å². The number of hydrogen-bond donors (Lipinski definition) is 0. The van der Waals surface area contributed by atoms with Crippen molar-refractivity contribution in [1.82, 2.24) is 0 Å². The van der Waals surface area contributed by atoms with Gasteiger partial charge in [0.1, 0.15) is 11.9 Å². The second kappa shape index (κ2) is 2.81. The van der Waals surface area contributed by atoms with Gasteiger partial charge < -0.3 is 4.74 Å². The summed E-state index contributed by atoms with van der Waals surface area (Å²) >= 11 is 0. The van der Waals surface area contributed by atoms with Crippen LogP contribution in [-0.2, 0) is 0 Å². The van der Waals surface area contributed by atoms with Crippen molar-refractivity contribution in [2.24, 2.45) is 0 Å². The van der Waals surface area contributed by atoms with E-state index in [0.29, 0.717) is 12.0 Å². The molecular weight excluding hydrogens is 148 g/mol. The summed E-state index contributed by atoms with van der Waals surface area (Å²) in [5.41, 5.74) is 1.38. The Hall–Kier alpha value is -0.980. The van der Waals surface area contributed by atoms with Crippen molar-refractivity contribution in [3.05, 3.63) is 29.8 Å². The second-order valence-electron chi connectivity index (χ2n) is 3.38. The van der Waals surface area contributed by atoms with Crippen LogP contribution in [0.3, 0.4) is 0 Å². The van der Waals surface area contributed by atoms with Crippen LogP contribution < -0.4 is 4.74 Å². The quantitative estimate of drug-likeness (QED) is 0.617. The minimum Gasteiger partial charge on any atom is -0.490 e. The lowest BCUT2D eigenvalue weighted by Gasteiger charge is -2.11. The number of rotatable bonds is 1. The van der Waals surface area contributed by atoms with Gasteiger partial charge in [0.2, 0.25) is 0 Å². The molecule has 0 unspecified atom stereocenters. The van der Waals surface area contributed by atoms with Gasteiger partial charge in [0.05, 0.1) is 0 Å². The molecule has 0 saturated heterocycles. The number of ether oxygens (including phenoxy) is 1. The molecule has 12 heavy (non-hydrogen) atoms. The molecule has 2 rings (SSSR count). The molecule has 0 N–H and O–H groups in total. The van der Waals surface area contributed by atoms with E-state index in [1.54, 1.807) is 0 Å². The molecule has 0 aromatic heterocycles. The Kier molecular flexibility index (Phi) is 1.80. The SMILES string of the molecule is CC[C@H]1c2ccccc2O[C@@H]1C. The van der Waals surface area contributed by atoms with E-state index < -0.39 is 0 Å². The van der Waals surface area contributed by atoms with Gasteiger partial charge in [-0.3, -0.25) is 0 Å². The highest BCUT2D eigenvalue weighted by Crippen LogP contribution is 2.39. The summed E-state index contributed by atoms with van der Waals surface area (Å²) in [5, 5.41) is 0. The third-order valence-electron chi connectivity index (χ3n) is 2.64. The predicted octanol–water partition coefficient (Wildman–Crippen LogP) is 2.96. The minimum atomic E-state index is 0.354. The molecule has 1 aromatic carbocycles. The molecule has 2 atom stereocenters. The largest absolute Gasteiger partial charge is 0.490 e. The van der Waals surface area contributed by atoms with Gasteiger partial charge in [0, 0.05) is 11.5 Å². The highest BCUT2D eigenvalue weighted by molar-refractivity contribution is 5.40. The summed E-state index contributed by atoms with van der Waals surface area (Å²) in [6, 6.07) is 8.35. The predicted molar refractivity (Wildman–Crippen MR) is 49.6 cm³/mol. The molecule has 0 bridgehead atoms. The third-order valence-corrected chi connectivity index (χ3v) is 2.64. The average Bonchev–Trinajstić information content (AvgIpc) is 2.40. The van der Waals surface area contributed by atoms with Gasteiger partial charge in [-0.1, -0.05) is 25.1 Å². The lowest BCUT2D eigenvalue weighted by Crippen LogP contribution is -2.12. The van der Waals surface area contributed by atoms with Crippen molar-refractivity contribution in [3.63, 3.8) is 0 Å². The van der Waals surface area contributed by atoms with E-state index in [9.17, 15) is 0 Å². The van der Waals surface area contributed by atoms with Crippen molar-refractivity contribution >= 4 is 0 Å². The standard InChI is InChI=1S/C11H14O/c1-3-9-8(2)12-11-7-5-4-6-10(9)11/h4-9H,3H2,1-2H3/t8-,9-/m1/s1. The van der Waals surface area contributed by atoms with Gasteiger partial charge >= 0.3 is 0 Å².